The van der Waals surface area contributed by atoms with Crippen molar-refractivity contribution in [3.8, 4) is 0 Å². The largest absolute Gasteiger partial charge is 0.373 e. The molecule has 1 aromatic rings. The van der Waals surface area contributed by atoms with Crippen LogP contribution in [0.4, 0.5) is 5.69 Å². The molecule has 0 spiro atoms. The number of anilines is 1. The third kappa shape index (κ3) is 4.18. The quantitative estimate of drug-likeness (QED) is 0.834. The SMILES string of the molecule is CCNS(=O)(=O)c1ccccc1N(C)CC1CCCNC1. The molecule has 1 aromatic carbocycles. The molecule has 0 aliphatic carbocycles. The molecule has 0 bridgehead atoms. The maximum absolute atomic E-state index is 12.3. The van der Waals surface area contributed by atoms with Gasteiger partial charge in [-0.05, 0) is 44.0 Å². The minimum Gasteiger partial charge on any atom is -0.373 e. The van der Waals surface area contributed by atoms with E-state index in [-0.39, 0.29) is 0 Å². The van der Waals surface area contributed by atoms with Gasteiger partial charge in [0, 0.05) is 20.1 Å². The lowest BCUT2D eigenvalue weighted by Crippen LogP contribution is -2.37. The fourth-order valence-corrected chi connectivity index (χ4v) is 4.13. The summed E-state index contributed by atoms with van der Waals surface area (Å²) in [7, 11) is -1.47. The van der Waals surface area contributed by atoms with Crippen molar-refractivity contribution in [3.63, 3.8) is 0 Å². The molecule has 0 saturated carbocycles. The van der Waals surface area contributed by atoms with Crippen LogP contribution in [0.2, 0.25) is 0 Å². The lowest BCUT2D eigenvalue weighted by atomic mass is 9.99. The highest BCUT2D eigenvalue weighted by Crippen LogP contribution is 2.25. The number of para-hydroxylation sites is 1. The molecule has 0 aromatic heterocycles. The molecule has 0 radical (unpaired) electrons. The summed E-state index contributed by atoms with van der Waals surface area (Å²) in [5, 5.41) is 3.40. The molecule has 118 valence electrons. The smallest absolute Gasteiger partial charge is 0.242 e. The molecule has 6 heteroatoms. The predicted molar refractivity (Wildman–Crippen MR) is 86.2 cm³/mol. The van der Waals surface area contributed by atoms with Gasteiger partial charge in [-0.25, -0.2) is 13.1 Å². The number of hydrogen-bond acceptors (Lipinski definition) is 4. The second-order valence-electron chi connectivity index (χ2n) is 5.56. The Bertz CT molecular complexity index is 554. The average Bonchev–Trinajstić information content (AvgIpc) is 2.48. The Morgan fingerprint density at radius 2 is 2.14 bits per heavy atom. The molecular weight excluding hydrogens is 286 g/mol. The van der Waals surface area contributed by atoms with Crippen LogP contribution in [0.1, 0.15) is 19.8 Å². The van der Waals surface area contributed by atoms with Gasteiger partial charge in [0.25, 0.3) is 0 Å². The molecule has 5 nitrogen and oxygen atoms in total. The standard InChI is InChI=1S/C15H25N3O2S/c1-3-17-21(19,20)15-9-5-4-8-14(15)18(2)12-13-7-6-10-16-11-13/h4-5,8-9,13,16-17H,3,6-7,10-12H2,1-2H3. The maximum Gasteiger partial charge on any atom is 0.242 e. The fraction of sp³-hybridized carbons (Fsp3) is 0.600. The molecule has 1 fully saturated rings. The highest BCUT2D eigenvalue weighted by Gasteiger charge is 2.21. The van der Waals surface area contributed by atoms with Gasteiger partial charge in [-0.15, -0.1) is 0 Å². The Labute approximate surface area is 127 Å². The first-order valence-electron chi connectivity index (χ1n) is 7.55. The van der Waals surface area contributed by atoms with E-state index in [1.54, 1.807) is 19.1 Å². The number of nitrogens with zero attached hydrogens (tertiary/aromatic N) is 1. The first kappa shape index (κ1) is 16.3. The number of piperidine rings is 1. The topological polar surface area (TPSA) is 61.4 Å². The predicted octanol–water partition coefficient (Wildman–Crippen LogP) is 1.42. The number of nitrogens with one attached hydrogen (secondary N) is 2. The van der Waals surface area contributed by atoms with Crippen molar-refractivity contribution in [1.82, 2.24) is 10.0 Å². The zero-order chi connectivity index (χ0) is 15.3. The summed E-state index contributed by atoms with van der Waals surface area (Å²) in [5.74, 6) is 0.568. The van der Waals surface area contributed by atoms with Crippen LogP contribution in [0.5, 0.6) is 0 Å². The summed E-state index contributed by atoms with van der Waals surface area (Å²) in [6.45, 7) is 5.15. The van der Waals surface area contributed by atoms with Crippen LogP contribution >= 0.6 is 0 Å². The van der Waals surface area contributed by atoms with Crippen molar-refractivity contribution < 1.29 is 8.42 Å². The summed E-state index contributed by atoms with van der Waals surface area (Å²) in [4.78, 5) is 2.42. The van der Waals surface area contributed by atoms with E-state index >= 15 is 0 Å². The lowest BCUT2D eigenvalue weighted by molar-refractivity contribution is 0.381. The van der Waals surface area contributed by atoms with Gasteiger partial charge in [0.05, 0.1) is 5.69 Å². The third-order valence-electron chi connectivity index (χ3n) is 3.83. The van der Waals surface area contributed by atoms with Crippen molar-refractivity contribution in [3.05, 3.63) is 24.3 Å². The minimum atomic E-state index is -3.43. The highest BCUT2D eigenvalue weighted by molar-refractivity contribution is 7.89. The van der Waals surface area contributed by atoms with Crippen LogP contribution in [0.3, 0.4) is 0 Å². The van der Waals surface area contributed by atoms with Gasteiger partial charge in [0.15, 0.2) is 0 Å². The van der Waals surface area contributed by atoms with E-state index in [9.17, 15) is 8.42 Å². The first-order chi connectivity index (χ1) is 10.0. The van der Waals surface area contributed by atoms with Crippen LogP contribution in [-0.2, 0) is 10.0 Å². The van der Waals surface area contributed by atoms with Crippen molar-refractivity contribution in [2.75, 3.05) is 38.1 Å². The van der Waals surface area contributed by atoms with Gasteiger partial charge in [0.2, 0.25) is 10.0 Å². The second-order valence-corrected chi connectivity index (χ2v) is 7.30. The van der Waals surface area contributed by atoms with E-state index in [0.717, 1.165) is 25.3 Å². The van der Waals surface area contributed by atoms with Crippen molar-refractivity contribution in [1.29, 1.82) is 0 Å². The summed E-state index contributed by atoms with van der Waals surface area (Å²) in [5.41, 5.74) is 0.768. The van der Waals surface area contributed by atoms with Crippen molar-refractivity contribution in [2.24, 2.45) is 5.92 Å². The molecule has 1 heterocycles. The number of rotatable bonds is 6. The van der Waals surface area contributed by atoms with E-state index in [0.29, 0.717) is 17.4 Å². The Balaban J connectivity index is 2.18. The van der Waals surface area contributed by atoms with Crippen LogP contribution in [-0.4, -0.2) is 41.6 Å². The molecule has 2 rings (SSSR count). The Morgan fingerprint density at radius 1 is 1.38 bits per heavy atom. The zero-order valence-corrected chi connectivity index (χ0v) is 13.6. The van der Waals surface area contributed by atoms with E-state index in [1.807, 2.05) is 19.2 Å². The summed E-state index contributed by atoms with van der Waals surface area (Å²) in [6.07, 6.45) is 2.38. The van der Waals surface area contributed by atoms with E-state index in [4.69, 9.17) is 0 Å². The number of sulfonamides is 1. The highest BCUT2D eigenvalue weighted by atomic mass is 32.2. The molecular formula is C15H25N3O2S. The summed E-state index contributed by atoms with van der Waals surface area (Å²) in [6, 6.07) is 7.20. The van der Waals surface area contributed by atoms with Gasteiger partial charge in [-0.1, -0.05) is 19.1 Å². The summed E-state index contributed by atoms with van der Waals surface area (Å²) >= 11 is 0. The second kappa shape index (κ2) is 7.24. The Kier molecular flexibility index (Phi) is 5.61. The Morgan fingerprint density at radius 3 is 2.81 bits per heavy atom. The molecule has 21 heavy (non-hydrogen) atoms. The van der Waals surface area contributed by atoms with E-state index in [2.05, 4.69) is 14.9 Å². The molecule has 0 amide bonds. The maximum atomic E-state index is 12.3. The van der Waals surface area contributed by atoms with E-state index in [1.165, 1.54) is 12.8 Å². The average molecular weight is 311 g/mol. The van der Waals surface area contributed by atoms with Crippen LogP contribution in [0, 0.1) is 5.92 Å². The molecule has 1 unspecified atom stereocenters. The van der Waals surface area contributed by atoms with Crippen LogP contribution in [0.15, 0.2) is 29.2 Å². The van der Waals surface area contributed by atoms with Gasteiger partial charge in [0.1, 0.15) is 4.90 Å². The zero-order valence-electron chi connectivity index (χ0n) is 12.8. The first-order valence-corrected chi connectivity index (χ1v) is 9.03. The van der Waals surface area contributed by atoms with Crippen LogP contribution < -0.4 is 14.9 Å². The summed E-state index contributed by atoms with van der Waals surface area (Å²) < 4.78 is 27.2. The molecule has 1 saturated heterocycles. The third-order valence-corrected chi connectivity index (χ3v) is 5.42. The normalized spacial score (nSPS) is 19.4. The lowest BCUT2D eigenvalue weighted by Gasteiger charge is -2.30. The Hall–Kier alpha value is -1.11. The minimum absolute atomic E-state index is 0.359. The number of benzene rings is 1. The van der Waals surface area contributed by atoms with Crippen molar-refractivity contribution >= 4 is 15.7 Å². The van der Waals surface area contributed by atoms with Crippen LogP contribution in [0.25, 0.3) is 0 Å². The van der Waals surface area contributed by atoms with Gasteiger partial charge >= 0.3 is 0 Å². The molecule has 1 atom stereocenters. The monoisotopic (exact) mass is 311 g/mol. The van der Waals surface area contributed by atoms with E-state index < -0.39 is 10.0 Å². The number of hydrogen-bond donors (Lipinski definition) is 2. The van der Waals surface area contributed by atoms with Crippen molar-refractivity contribution in [2.45, 2.75) is 24.7 Å². The van der Waals surface area contributed by atoms with Gasteiger partial charge < -0.3 is 10.2 Å². The molecule has 1 aliphatic rings. The fourth-order valence-electron chi connectivity index (χ4n) is 2.83. The van der Waals surface area contributed by atoms with Gasteiger partial charge in [-0.3, -0.25) is 0 Å². The van der Waals surface area contributed by atoms with Gasteiger partial charge in [-0.2, -0.15) is 0 Å². The molecule has 2 N–H and O–H groups in total. The molecule has 1 aliphatic heterocycles.